The van der Waals surface area contributed by atoms with E-state index in [2.05, 4.69) is 12.1 Å². The Hall–Kier alpha value is -1.86. The van der Waals surface area contributed by atoms with Gasteiger partial charge >= 0.3 is 0 Å². The van der Waals surface area contributed by atoms with Crippen molar-refractivity contribution < 1.29 is 12.4 Å². The summed E-state index contributed by atoms with van der Waals surface area (Å²) in [4.78, 5) is 0. The third-order valence-corrected chi connectivity index (χ3v) is 7.12. The monoisotopic (exact) mass is 300 g/mol. The Bertz CT molecular complexity index is 557. The third-order valence-electron chi connectivity index (χ3n) is 3.18. The van der Waals surface area contributed by atoms with Gasteiger partial charge in [-0.2, -0.15) is 10.5 Å². The van der Waals surface area contributed by atoms with Crippen molar-refractivity contribution in [3.05, 3.63) is 60.7 Å². The molecule has 0 aliphatic rings. The van der Waals surface area contributed by atoms with Crippen LogP contribution in [0.15, 0.2) is 60.7 Å². The summed E-state index contributed by atoms with van der Waals surface area (Å²) >= 11 is 0. The van der Waals surface area contributed by atoms with Crippen LogP contribution in [0.1, 0.15) is 0 Å². The fourth-order valence-electron chi connectivity index (χ4n) is 2.24. The Morgan fingerprint density at radius 3 is 1.35 bits per heavy atom. The minimum Gasteiger partial charge on any atom is -1.00 e. The molecule has 4 heteroatoms. The van der Waals surface area contributed by atoms with E-state index in [1.54, 1.807) is 0 Å². The summed E-state index contributed by atoms with van der Waals surface area (Å²) < 4.78 is 0. The first-order chi connectivity index (χ1) is 9.33. The maximum absolute atomic E-state index is 9.22. The molecule has 0 saturated carbocycles. The maximum atomic E-state index is 9.22. The van der Waals surface area contributed by atoms with Crippen molar-refractivity contribution in [2.45, 2.75) is 0 Å². The Labute approximate surface area is 126 Å². The van der Waals surface area contributed by atoms with Crippen LogP contribution in [0.2, 0.25) is 0 Å². The van der Waals surface area contributed by atoms with Gasteiger partial charge in [0, 0.05) is 0 Å². The lowest BCUT2D eigenvalue weighted by molar-refractivity contribution is -0.00000429. The first kappa shape index (κ1) is 16.2. The van der Waals surface area contributed by atoms with E-state index in [1.165, 1.54) is 0 Å². The van der Waals surface area contributed by atoms with Gasteiger partial charge in [-0.25, -0.2) is 0 Å². The van der Waals surface area contributed by atoms with Gasteiger partial charge in [-0.15, -0.1) is 0 Å². The predicted molar refractivity (Wildman–Crippen MR) is 80.0 cm³/mol. The summed E-state index contributed by atoms with van der Waals surface area (Å²) in [7, 11) is -1.92. The zero-order chi connectivity index (χ0) is 13.6. The second kappa shape index (κ2) is 7.66. The van der Waals surface area contributed by atoms with Crippen LogP contribution in [-0.4, -0.2) is 12.3 Å². The lowest BCUT2D eigenvalue weighted by Crippen LogP contribution is -3.00. The van der Waals surface area contributed by atoms with Crippen molar-refractivity contribution in [2.75, 3.05) is 12.3 Å². The zero-order valence-electron chi connectivity index (χ0n) is 10.9. The van der Waals surface area contributed by atoms with E-state index in [9.17, 15) is 10.5 Å². The van der Waals surface area contributed by atoms with Crippen LogP contribution in [0.25, 0.3) is 0 Å². The van der Waals surface area contributed by atoms with Gasteiger partial charge in [0.15, 0.2) is 12.3 Å². The standard InChI is InChI=1S/C16H14N2P.ClH/c17-11-13-19(14-12-18,15-7-3-1-4-8-15)16-9-5-2-6-10-16;/h1-10H,13-14H2;1H/q+1;/p-1. The van der Waals surface area contributed by atoms with E-state index in [-0.39, 0.29) is 12.4 Å². The number of benzene rings is 2. The molecule has 0 aliphatic heterocycles. The molecule has 2 nitrogen and oxygen atoms in total. The quantitative estimate of drug-likeness (QED) is 0.728. The van der Waals surface area contributed by atoms with Crippen LogP contribution in [0.5, 0.6) is 0 Å². The van der Waals surface area contributed by atoms with E-state index in [0.717, 1.165) is 10.6 Å². The van der Waals surface area contributed by atoms with E-state index in [1.807, 2.05) is 60.7 Å². The summed E-state index contributed by atoms with van der Waals surface area (Å²) in [5.41, 5.74) is 0. The molecule has 2 aromatic rings. The largest absolute Gasteiger partial charge is 1.00 e. The van der Waals surface area contributed by atoms with Gasteiger partial charge in [0.1, 0.15) is 30.0 Å². The van der Waals surface area contributed by atoms with Gasteiger partial charge in [-0.05, 0) is 24.3 Å². The molecule has 0 saturated heterocycles. The molecule has 0 fully saturated rings. The molecule has 0 aliphatic carbocycles. The minimum absolute atomic E-state index is 0. The summed E-state index contributed by atoms with van der Waals surface area (Å²) in [6, 6.07) is 24.5. The van der Waals surface area contributed by atoms with Crippen molar-refractivity contribution in [1.82, 2.24) is 0 Å². The topological polar surface area (TPSA) is 47.6 Å². The van der Waals surface area contributed by atoms with E-state index >= 15 is 0 Å². The second-order valence-corrected chi connectivity index (χ2v) is 7.87. The highest BCUT2D eigenvalue weighted by Crippen LogP contribution is 2.55. The molecule has 0 amide bonds. The van der Waals surface area contributed by atoms with Crippen LogP contribution in [-0.2, 0) is 0 Å². The first-order valence-electron chi connectivity index (χ1n) is 6.06. The van der Waals surface area contributed by atoms with Crippen LogP contribution in [0, 0.1) is 22.7 Å². The van der Waals surface area contributed by atoms with Crippen molar-refractivity contribution in [3.63, 3.8) is 0 Å². The predicted octanol–water partition coefficient (Wildman–Crippen LogP) is -0.294. The Morgan fingerprint density at radius 2 is 1.05 bits per heavy atom. The lowest BCUT2D eigenvalue weighted by Gasteiger charge is -2.22. The van der Waals surface area contributed by atoms with E-state index < -0.39 is 7.26 Å². The smallest absolute Gasteiger partial charge is 0.155 e. The highest BCUT2D eigenvalue weighted by molar-refractivity contribution is 7.89. The van der Waals surface area contributed by atoms with Gasteiger partial charge in [0.25, 0.3) is 0 Å². The molecule has 100 valence electrons. The molecular formula is C16H14ClN2P. The SMILES string of the molecule is N#CC[P+](CC#N)(c1ccccc1)c1ccccc1.[Cl-]. The Balaban J connectivity index is 0.00000200. The van der Waals surface area contributed by atoms with Gasteiger partial charge in [-0.3, -0.25) is 0 Å². The Morgan fingerprint density at radius 1 is 0.700 bits per heavy atom. The zero-order valence-corrected chi connectivity index (χ0v) is 12.6. The van der Waals surface area contributed by atoms with Crippen molar-refractivity contribution in [2.24, 2.45) is 0 Å². The van der Waals surface area contributed by atoms with Crippen LogP contribution in [0.4, 0.5) is 0 Å². The van der Waals surface area contributed by atoms with Crippen molar-refractivity contribution in [3.8, 4) is 12.1 Å². The normalized spacial score (nSPS) is 9.90. The first-order valence-corrected chi connectivity index (χ1v) is 8.21. The summed E-state index contributed by atoms with van der Waals surface area (Å²) in [5.74, 6) is 0. The number of nitrogens with zero attached hydrogens (tertiary/aromatic N) is 2. The molecule has 0 N–H and O–H groups in total. The molecule has 20 heavy (non-hydrogen) atoms. The molecule has 0 unspecified atom stereocenters. The Kier molecular flexibility index (Phi) is 6.20. The molecule has 2 rings (SSSR count). The van der Waals surface area contributed by atoms with E-state index in [0.29, 0.717) is 12.3 Å². The van der Waals surface area contributed by atoms with Crippen molar-refractivity contribution in [1.29, 1.82) is 10.5 Å². The van der Waals surface area contributed by atoms with Crippen LogP contribution in [0.3, 0.4) is 0 Å². The highest BCUT2D eigenvalue weighted by atomic mass is 35.5. The fraction of sp³-hybridized carbons (Fsp3) is 0.125. The molecule has 2 aromatic carbocycles. The number of hydrogen-bond acceptors (Lipinski definition) is 2. The number of nitriles is 2. The average Bonchev–Trinajstić information content (AvgIpc) is 2.49. The summed E-state index contributed by atoms with van der Waals surface area (Å²) in [5, 5.41) is 20.7. The maximum Gasteiger partial charge on any atom is 0.155 e. The van der Waals surface area contributed by atoms with Gasteiger partial charge in [-0.1, -0.05) is 36.4 Å². The molecule has 0 radical (unpaired) electrons. The van der Waals surface area contributed by atoms with Gasteiger partial charge in [0.05, 0.1) is 0 Å². The fourth-order valence-corrected chi connectivity index (χ4v) is 5.35. The number of halogens is 1. The molecule has 0 spiro atoms. The number of rotatable bonds is 4. The molecular weight excluding hydrogens is 287 g/mol. The van der Waals surface area contributed by atoms with Crippen LogP contribution < -0.4 is 23.0 Å². The van der Waals surface area contributed by atoms with Gasteiger partial charge in [0.2, 0.25) is 0 Å². The van der Waals surface area contributed by atoms with Gasteiger partial charge < -0.3 is 12.4 Å². The molecule has 0 atom stereocenters. The summed E-state index contributed by atoms with van der Waals surface area (Å²) in [6.07, 6.45) is 0.823. The molecule has 0 bridgehead atoms. The van der Waals surface area contributed by atoms with Crippen LogP contribution >= 0.6 is 7.26 Å². The minimum atomic E-state index is -1.92. The number of hydrogen-bond donors (Lipinski definition) is 0. The summed E-state index contributed by atoms with van der Waals surface area (Å²) in [6.45, 7) is 0. The molecule has 0 heterocycles. The average molecular weight is 301 g/mol. The lowest BCUT2D eigenvalue weighted by atomic mass is 10.4. The third kappa shape index (κ3) is 3.17. The second-order valence-electron chi connectivity index (χ2n) is 4.27. The highest BCUT2D eigenvalue weighted by Gasteiger charge is 2.42. The molecule has 0 aromatic heterocycles. The van der Waals surface area contributed by atoms with E-state index in [4.69, 9.17) is 0 Å². The van der Waals surface area contributed by atoms with Crippen molar-refractivity contribution >= 4 is 17.9 Å².